The molecule has 1 aliphatic rings. The van der Waals surface area contributed by atoms with Crippen molar-refractivity contribution in [3.63, 3.8) is 0 Å². The minimum absolute atomic E-state index is 0.142. The van der Waals surface area contributed by atoms with Crippen molar-refractivity contribution in [3.05, 3.63) is 101 Å². The van der Waals surface area contributed by atoms with Crippen LogP contribution in [0.1, 0.15) is 50.3 Å². The highest BCUT2D eigenvalue weighted by Gasteiger charge is 2.40. The van der Waals surface area contributed by atoms with Crippen LogP contribution >= 0.6 is 7.28 Å². The van der Waals surface area contributed by atoms with Crippen LogP contribution in [-0.2, 0) is 9.94 Å². The predicted octanol–water partition coefficient (Wildman–Crippen LogP) is 8.46. The van der Waals surface area contributed by atoms with Gasteiger partial charge in [-0.15, -0.1) is 0 Å². The highest BCUT2D eigenvalue weighted by Crippen LogP contribution is 2.59. The maximum atomic E-state index is 6.90. The molecule has 0 radical (unpaired) electrons. The topological polar surface area (TPSA) is 24.8 Å². The van der Waals surface area contributed by atoms with Crippen LogP contribution in [-0.4, -0.2) is 13.7 Å². The highest BCUT2D eigenvalue weighted by molar-refractivity contribution is 7.72. The molecule has 0 fully saturated rings. The van der Waals surface area contributed by atoms with E-state index in [9.17, 15) is 0 Å². The number of unbranched alkanes of at least 4 members (excludes halogenated alkanes) is 1. The summed E-state index contributed by atoms with van der Waals surface area (Å²) in [5.74, 6) is 2.37. The fraction of sp³-hybridized carbons (Fsp3) is 0.333. The molecule has 1 aliphatic heterocycles. The Morgan fingerprint density at radius 2 is 1.65 bits per heavy atom. The molecule has 1 heterocycles. The quantitative estimate of drug-likeness (QED) is 0.254. The summed E-state index contributed by atoms with van der Waals surface area (Å²) < 4.78 is 12.4. The molecular formula is C30H37N2OP. The second-order valence-electron chi connectivity index (χ2n) is 9.68. The van der Waals surface area contributed by atoms with E-state index in [1.807, 2.05) is 0 Å². The van der Waals surface area contributed by atoms with E-state index < -0.39 is 7.28 Å². The molecule has 34 heavy (non-hydrogen) atoms. The average molecular weight is 473 g/mol. The Morgan fingerprint density at radius 3 is 2.35 bits per heavy atom. The minimum Gasteiger partial charge on any atom is -0.347 e. The zero-order valence-corrected chi connectivity index (χ0v) is 22.3. The van der Waals surface area contributed by atoms with Crippen molar-refractivity contribution in [1.82, 2.24) is 0 Å². The zero-order chi connectivity index (χ0) is 24.3. The molecule has 0 saturated carbocycles. The number of likely N-dealkylation sites (N-methyl/N-ethyl adjacent to an activating group) is 1. The molecule has 3 aromatic carbocycles. The number of benzene rings is 3. The van der Waals surface area contributed by atoms with Crippen molar-refractivity contribution in [2.75, 3.05) is 18.6 Å². The third-order valence-corrected chi connectivity index (χ3v) is 9.70. The van der Waals surface area contributed by atoms with Crippen molar-refractivity contribution < 1.29 is 4.52 Å². The van der Waals surface area contributed by atoms with Crippen LogP contribution in [0, 0.1) is 13.8 Å². The number of hydrogen-bond acceptors (Lipinski definition) is 3. The molecule has 3 nitrogen and oxygen atoms in total. The summed E-state index contributed by atoms with van der Waals surface area (Å²) in [4.78, 5) is 2.33. The van der Waals surface area contributed by atoms with Gasteiger partial charge in [0.1, 0.15) is 7.28 Å². The van der Waals surface area contributed by atoms with E-state index >= 15 is 0 Å². The Kier molecular flexibility index (Phi) is 7.17. The van der Waals surface area contributed by atoms with Crippen LogP contribution in [0.3, 0.4) is 0 Å². The van der Waals surface area contributed by atoms with Gasteiger partial charge in [-0.1, -0.05) is 87.9 Å². The number of allylic oxidation sites excluding steroid dienone is 1. The van der Waals surface area contributed by atoms with Gasteiger partial charge in [0.2, 0.25) is 0 Å². The lowest BCUT2D eigenvalue weighted by atomic mass is 9.84. The number of rotatable bonds is 7. The summed E-state index contributed by atoms with van der Waals surface area (Å²) >= 11 is 0. The van der Waals surface area contributed by atoms with Gasteiger partial charge in [0.15, 0.2) is 0 Å². The summed E-state index contributed by atoms with van der Waals surface area (Å²) in [6.45, 7) is 11.8. The van der Waals surface area contributed by atoms with Crippen molar-refractivity contribution in [2.24, 2.45) is 4.74 Å². The van der Waals surface area contributed by atoms with E-state index in [-0.39, 0.29) is 5.41 Å². The standard InChI is InChI=1S/C30H37N2OP/c1-7-8-21-33-34(25-16-10-9-11-17-25,31-27-19-14-15-23(2)24(27)3)22-29-30(4,5)26-18-12-13-20-28(26)32(29)6/h9-20,22H,7-8,21H2,1-6H3/b29-22+/t34-/m0/s1. The van der Waals surface area contributed by atoms with Crippen LogP contribution in [0.5, 0.6) is 0 Å². The van der Waals surface area contributed by atoms with Gasteiger partial charge >= 0.3 is 0 Å². The number of nitrogens with zero attached hydrogens (tertiary/aromatic N) is 2. The van der Waals surface area contributed by atoms with Gasteiger partial charge in [-0.05, 0) is 49.1 Å². The van der Waals surface area contributed by atoms with E-state index in [1.54, 1.807) is 0 Å². The molecule has 1 atom stereocenters. The fourth-order valence-corrected chi connectivity index (χ4v) is 7.67. The Morgan fingerprint density at radius 1 is 0.941 bits per heavy atom. The van der Waals surface area contributed by atoms with E-state index in [0.29, 0.717) is 6.61 Å². The lowest BCUT2D eigenvalue weighted by molar-refractivity contribution is 0.344. The molecule has 0 saturated heterocycles. The Labute approximate surface area is 205 Å². The Balaban J connectivity index is 2.01. The highest BCUT2D eigenvalue weighted by atomic mass is 31.2. The summed E-state index contributed by atoms with van der Waals surface area (Å²) in [6, 6.07) is 25.7. The molecule has 0 N–H and O–H groups in total. The van der Waals surface area contributed by atoms with Crippen LogP contribution in [0.2, 0.25) is 0 Å². The zero-order valence-electron chi connectivity index (χ0n) is 21.4. The first kappa shape index (κ1) is 24.5. The monoisotopic (exact) mass is 472 g/mol. The van der Waals surface area contributed by atoms with Gasteiger partial charge < -0.3 is 9.42 Å². The molecule has 0 aliphatic carbocycles. The van der Waals surface area contributed by atoms with E-state index in [4.69, 9.17) is 9.27 Å². The molecule has 4 rings (SSSR count). The summed E-state index contributed by atoms with van der Waals surface area (Å²) in [5.41, 5.74) is 7.18. The molecule has 0 amide bonds. The molecule has 3 aromatic rings. The van der Waals surface area contributed by atoms with Gasteiger partial charge in [0.25, 0.3) is 0 Å². The second-order valence-corrected chi connectivity index (χ2v) is 12.2. The van der Waals surface area contributed by atoms with Crippen molar-refractivity contribution >= 4 is 24.0 Å². The molecule has 0 bridgehead atoms. The number of anilines is 1. The van der Waals surface area contributed by atoms with Gasteiger partial charge in [-0.3, -0.25) is 0 Å². The van der Waals surface area contributed by atoms with E-state index in [2.05, 4.69) is 125 Å². The van der Waals surface area contributed by atoms with Crippen LogP contribution in [0.4, 0.5) is 11.4 Å². The Hall–Kier alpha value is -2.61. The molecule has 178 valence electrons. The molecule has 0 spiro atoms. The number of para-hydroxylation sites is 1. The maximum Gasteiger partial charge on any atom is 0.143 e. The number of aryl methyl sites for hydroxylation is 1. The molecule has 4 heteroatoms. The normalized spacial score (nSPS) is 17.5. The van der Waals surface area contributed by atoms with Crippen LogP contribution < -0.4 is 10.2 Å². The summed E-state index contributed by atoms with van der Waals surface area (Å²) in [7, 11) is -0.351. The third kappa shape index (κ3) is 4.52. The van der Waals surface area contributed by atoms with E-state index in [0.717, 1.165) is 23.8 Å². The van der Waals surface area contributed by atoms with Gasteiger partial charge in [-0.25, -0.2) is 4.74 Å². The van der Waals surface area contributed by atoms with Gasteiger partial charge in [-0.2, -0.15) is 0 Å². The summed E-state index contributed by atoms with van der Waals surface area (Å²) in [5, 5.41) is 1.15. The molecule has 0 unspecified atom stereocenters. The minimum atomic E-state index is -2.52. The van der Waals surface area contributed by atoms with Crippen molar-refractivity contribution in [3.8, 4) is 0 Å². The van der Waals surface area contributed by atoms with Gasteiger partial charge in [0, 0.05) is 35.0 Å². The number of fused-ring (bicyclic) bond motifs is 1. The van der Waals surface area contributed by atoms with Crippen LogP contribution in [0.15, 0.2) is 89.1 Å². The lowest BCUT2D eigenvalue weighted by Crippen LogP contribution is -2.23. The van der Waals surface area contributed by atoms with Gasteiger partial charge in [0.05, 0.1) is 12.3 Å². The lowest BCUT2D eigenvalue weighted by Gasteiger charge is -2.29. The molecule has 0 aromatic heterocycles. The molecular weight excluding hydrogens is 435 g/mol. The Bertz CT molecular complexity index is 1240. The average Bonchev–Trinajstić information content (AvgIpc) is 3.03. The predicted molar refractivity (Wildman–Crippen MR) is 148 cm³/mol. The van der Waals surface area contributed by atoms with Crippen molar-refractivity contribution in [1.29, 1.82) is 0 Å². The third-order valence-electron chi connectivity index (χ3n) is 6.98. The first-order valence-corrected chi connectivity index (χ1v) is 14.0. The number of hydrogen-bond donors (Lipinski definition) is 0. The SMILES string of the molecule is CCCCO[P@](/C=C1/N(C)c2ccccc2C1(C)C)(=Nc1cccc(C)c1C)c1ccccc1. The first-order chi connectivity index (χ1) is 16.3. The first-order valence-electron chi connectivity index (χ1n) is 12.2. The largest absolute Gasteiger partial charge is 0.347 e. The maximum absolute atomic E-state index is 6.90. The van der Waals surface area contributed by atoms with Crippen LogP contribution in [0.25, 0.3) is 0 Å². The fourth-order valence-electron chi connectivity index (χ4n) is 4.69. The van der Waals surface area contributed by atoms with Crippen molar-refractivity contribution in [2.45, 2.75) is 52.9 Å². The second kappa shape index (κ2) is 9.94. The summed E-state index contributed by atoms with van der Waals surface area (Å²) in [6.07, 6.45) is 2.10. The smallest absolute Gasteiger partial charge is 0.143 e. The van der Waals surface area contributed by atoms with E-state index in [1.165, 1.54) is 28.1 Å².